The first-order valence-corrected chi connectivity index (χ1v) is 19.3. The first-order chi connectivity index (χ1) is 8.00. The minimum absolute atomic E-state index is 0. The van der Waals surface area contributed by atoms with Crippen molar-refractivity contribution in [1.82, 2.24) is 0 Å². The van der Waals surface area contributed by atoms with Crippen LogP contribution in [0.3, 0.4) is 0 Å². The summed E-state index contributed by atoms with van der Waals surface area (Å²) in [5.41, 5.74) is 0. The van der Waals surface area contributed by atoms with E-state index in [1.165, 1.54) is 87.2 Å². The fourth-order valence-electron chi connectivity index (χ4n) is 0. The van der Waals surface area contributed by atoms with Crippen molar-refractivity contribution < 1.29 is 17.1 Å². The third kappa shape index (κ3) is 1960. The van der Waals surface area contributed by atoms with Gasteiger partial charge >= 0.3 is 104 Å². The third-order valence-electron chi connectivity index (χ3n) is 0. The van der Waals surface area contributed by atoms with Crippen LogP contribution in [0.15, 0.2) is 0 Å². The summed E-state index contributed by atoms with van der Waals surface area (Å²) >= 11 is 5.78. The maximum atomic E-state index is 6.25. The van der Waals surface area contributed by atoms with E-state index in [1.54, 1.807) is 0 Å². The van der Waals surface area contributed by atoms with Crippen LogP contribution in [0, 0.1) is 71.0 Å². The summed E-state index contributed by atoms with van der Waals surface area (Å²) in [5, 5.41) is 37.5. The minimum atomic E-state index is 0. The van der Waals surface area contributed by atoms with Gasteiger partial charge in [0.1, 0.15) is 0 Å². The predicted octanol–water partition coefficient (Wildman–Crippen LogP) is -0.947. The zero-order valence-electron chi connectivity index (χ0n) is 10.0. The molecular formula is C6FeN6Na4. The molecule has 0 bridgehead atoms. The first-order valence-electron chi connectivity index (χ1n) is 3.34. The molecule has 0 saturated heterocycles. The molecule has 0 N–H and O–H groups in total. The molecular weight excluding hydrogens is 304 g/mol. The van der Waals surface area contributed by atoms with Crippen LogP contribution < -0.4 is 0 Å². The number of nitrogens with zero attached hydrogens (tertiary/aromatic N) is 6. The van der Waals surface area contributed by atoms with Crippen LogP contribution in [0.25, 0.3) is 0 Å². The van der Waals surface area contributed by atoms with Gasteiger partial charge in [-0.3, -0.25) is 0 Å². The second-order valence-corrected chi connectivity index (χ2v) is 0. The van der Waals surface area contributed by atoms with E-state index in [0.29, 0.717) is 0 Å². The molecule has 17 heavy (non-hydrogen) atoms. The third-order valence-corrected chi connectivity index (χ3v) is 0. The van der Waals surface area contributed by atoms with Crippen molar-refractivity contribution >= 4 is 87.2 Å². The van der Waals surface area contributed by atoms with E-state index >= 15 is 0 Å². The van der Waals surface area contributed by atoms with Crippen LogP contribution in [-0.4, -0.2) is 87.2 Å². The summed E-state index contributed by atoms with van der Waals surface area (Å²) in [6, 6.07) is 0. The monoisotopic (exact) mass is 304 g/mol. The van der Waals surface area contributed by atoms with E-state index in [2.05, 4.69) is 0 Å². The zero-order valence-corrected chi connectivity index (χ0v) is 19.1. The van der Waals surface area contributed by atoms with Crippen LogP contribution >= 0.6 is 0 Å². The summed E-state index contributed by atoms with van der Waals surface area (Å²) < 4.78 is 0. The van der Waals surface area contributed by atoms with Crippen molar-refractivity contribution in [2.24, 2.45) is 0 Å². The summed E-state index contributed by atoms with van der Waals surface area (Å²) in [7, 11) is 0. The molecule has 0 fully saturated rings. The van der Waals surface area contributed by atoms with Crippen LogP contribution in [-0.2, 0) is 17.1 Å². The van der Waals surface area contributed by atoms with Crippen LogP contribution in [0.4, 0.5) is 0 Å². The van der Waals surface area contributed by atoms with E-state index in [1.807, 2.05) is 0 Å². The molecule has 0 rings (SSSR count). The molecule has 0 atom stereocenters. The van der Waals surface area contributed by atoms with Crippen molar-refractivity contribution in [3.63, 3.8) is 0 Å². The Morgan fingerprint density at radius 3 is 0.353 bits per heavy atom. The summed E-state index contributed by atoms with van der Waals surface area (Å²) in [5.74, 6) is 0. The SMILES string of the molecule is [C-]#N.[C-]#N.[C-]#N.[C-]#N.[C-]#N.[C-]#N.[Fe+6].[Na][Na].[Na][Na]. The Morgan fingerprint density at radius 2 is 0.353 bits per heavy atom. The fraction of sp³-hybridized carbons (Fsp3) is 0. The van der Waals surface area contributed by atoms with Gasteiger partial charge in [0, 0.05) is 0 Å². The van der Waals surface area contributed by atoms with Gasteiger partial charge in [0.25, 0.3) is 0 Å². The van der Waals surface area contributed by atoms with Gasteiger partial charge < -0.3 is 71.0 Å². The van der Waals surface area contributed by atoms with Crippen LogP contribution in [0.2, 0.25) is 0 Å². The second kappa shape index (κ2) is 2220. The quantitative estimate of drug-likeness (QED) is 0.417. The van der Waals surface area contributed by atoms with E-state index in [9.17, 15) is 0 Å². The normalized spacial score (nSPS) is 1.65. The predicted molar refractivity (Wildman–Crippen MR) is 52.8 cm³/mol. The maximum absolute atomic E-state index is 6.25. The van der Waals surface area contributed by atoms with Crippen molar-refractivity contribution in [1.29, 1.82) is 31.6 Å². The molecule has 0 amide bonds. The molecule has 0 spiro atoms. The van der Waals surface area contributed by atoms with Gasteiger partial charge in [0.15, 0.2) is 0 Å². The van der Waals surface area contributed by atoms with E-state index in [4.69, 9.17) is 71.0 Å². The molecule has 0 aromatic rings. The molecule has 0 aromatic carbocycles. The first kappa shape index (κ1) is 62.9. The average Bonchev–Trinajstić information content (AvgIpc) is 2.54. The molecule has 0 unspecified atom stereocenters. The average molecular weight is 304 g/mol. The van der Waals surface area contributed by atoms with E-state index in [0.717, 1.165) is 0 Å². The molecule has 0 aliphatic heterocycles. The van der Waals surface area contributed by atoms with Gasteiger partial charge in [-0.25, -0.2) is 0 Å². The summed E-state index contributed by atoms with van der Waals surface area (Å²) in [6.45, 7) is 28.5. The van der Waals surface area contributed by atoms with Gasteiger partial charge in [0.2, 0.25) is 0 Å². The Morgan fingerprint density at radius 1 is 0.353 bits per heavy atom. The number of rotatable bonds is 0. The van der Waals surface area contributed by atoms with Gasteiger partial charge in [-0.2, -0.15) is 0 Å². The van der Waals surface area contributed by atoms with Gasteiger partial charge in [-0.1, -0.05) is 0 Å². The molecule has 11 heteroatoms. The Bertz CT molecular complexity index is 106. The van der Waals surface area contributed by atoms with Crippen LogP contribution in [0.5, 0.6) is 0 Å². The van der Waals surface area contributed by atoms with Gasteiger partial charge in [-0.15, -0.1) is 0 Å². The summed E-state index contributed by atoms with van der Waals surface area (Å²) in [4.78, 5) is 0. The zero-order chi connectivity index (χ0) is 16.0. The van der Waals surface area contributed by atoms with Gasteiger partial charge in [0.05, 0.1) is 0 Å². The Labute approximate surface area is 171 Å². The van der Waals surface area contributed by atoms with E-state index in [-0.39, 0.29) is 17.1 Å². The molecule has 0 radical (unpaired) electrons. The molecule has 66 valence electrons. The summed E-state index contributed by atoms with van der Waals surface area (Å²) in [6.07, 6.45) is 0. The molecule has 0 aliphatic carbocycles. The molecule has 0 heterocycles. The fourth-order valence-corrected chi connectivity index (χ4v) is 0. The van der Waals surface area contributed by atoms with Crippen LogP contribution in [0.1, 0.15) is 0 Å². The molecule has 0 aromatic heterocycles. The van der Waals surface area contributed by atoms with Gasteiger partial charge in [-0.05, 0) is 0 Å². The molecule has 0 saturated carbocycles. The van der Waals surface area contributed by atoms with Crippen molar-refractivity contribution in [3.8, 4) is 0 Å². The molecule has 6 nitrogen and oxygen atoms in total. The topological polar surface area (TPSA) is 143 Å². The number of hydrogen-bond acceptors (Lipinski definition) is 6. The second-order valence-electron chi connectivity index (χ2n) is 0. The van der Waals surface area contributed by atoms with E-state index < -0.39 is 0 Å². The van der Waals surface area contributed by atoms with Crippen molar-refractivity contribution in [2.45, 2.75) is 0 Å². The standard InChI is InChI=1S/6CN.Fe.4Na/c6*1-2;;;;;/q6*-1;+6;;;;. The van der Waals surface area contributed by atoms with Crippen molar-refractivity contribution in [2.75, 3.05) is 0 Å². The Kier molecular flexibility index (Phi) is 8210. The van der Waals surface area contributed by atoms with Crippen molar-refractivity contribution in [3.05, 3.63) is 39.4 Å². The molecule has 0 aliphatic rings. The number of hydrogen-bond donors (Lipinski definition) is 0. The Balaban J connectivity index is -0.00000000610. The Hall–Kier alpha value is 1.46.